The van der Waals surface area contributed by atoms with Gasteiger partial charge in [0.2, 0.25) is 10.7 Å². The first-order chi connectivity index (χ1) is 13.2. The van der Waals surface area contributed by atoms with Crippen molar-refractivity contribution in [2.24, 2.45) is 0 Å². The molecule has 0 aliphatic rings. The van der Waals surface area contributed by atoms with Crippen molar-refractivity contribution in [1.29, 1.82) is 0 Å². The minimum absolute atomic E-state index is 0.116. The molecule has 0 N–H and O–H groups in total. The molecule has 3 aromatic heterocycles. The molecule has 0 saturated heterocycles. The molecule has 0 atom stereocenters. The highest BCUT2D eigenvalue weighted by Gasteiger charge is 2.19. The topological polar surface area (TPSA) is 86.7 Å². The Bertz CT molecular complexity index is 1160. The average Bonchev–Trinajstić information content (AvgIpc) is 3.34. The largest absolute Gasteiger partial charge is 0.457 e. The van der Waals surface area contributed by atoms with Gasteiger partial charge in [0.25, 0.3) is 5.56 Å². The summed E-state index contributed by atoms with van der Waals surface area (Å²) in [5, 5.41) is 5.01. The van der Waals surface area contributed by atoms with Crippen molar-refractivity contribution in [3.63, 3.8) is 0 Å². The number of hydrogen-bond acceptors (Lipinski definition) is 7. The highest BCUT2D eigenvalue weighted by molar-refractivity contribution is 7.16. The van der Waals surface area contributed by atoms with E-state index in [1.807, 2.05) is 37.3 Å². The maximum Gasteiger partial charge on any atom is 0.375 e. The lowest BCUT2D eigenvalue weighted by atomic mass is 10.1. The maximum absolute atomic E-state index is 12.4. The molecule has 0 spiro atoms. The van der Waals surface area contributed by atoms with Crippen LogP contribution in [0.25, 0.3) is 16.1 Å². The first-order valence-electron chi connectivity index (χ1n) is 8.34. The molecule has 7 nitrogen and oxygen atoms in total. The lowest BCUT2D eigenvalue weighted by Crippen LogP contribution is -2.16. The zero-order valence-corrected chi connectivity index (χ0v) is 15.2. The molecule has 0 amide bonds. The standard InChI is InChI=1S/C19H15N3O4S/c1-2-15-21-22-16(23)10-13(20-19(22)27-15)11-26-18(24)17-14(8-9-25-17)12-6-4-3-5-7-12/h3-10H,2,11H2,1H3. The number of fused-ring (bicyclic) bond motifs is 1. The molecule has 3 heterocycles. The highest BCUT2D eigenvalue weighted by Crippen LogP contribution is 2.25. The predicted octanol–water partition coefficient (Wildman–Crippen LogP) is 3.33. The Hall–Kier alpha value is -3.26. The van der Waals surface area contributed by atoms with Gasteiger partial charge in [-0.25, -0.2) is 9.78 Å². The third kappa shape index (κ3) is 3.39. The smallest absolute Gasteiger partial charge is 0.375 e. The predicted molar refractivity (Wildman–Crippen MR) is 99.8 cm³/mol. The molecule has 0 fully saturated rings. The Balaban J connectivity index is 1.54. The second kappa shape index (κ2) is 7.16. The van der Waals surface area contributed by atoms with Crippen LogP contribution < -0.4 is 5.56 Å². The summed E-state index contributed by atoms with van der Waals surface area (Å²) in [5.74, 6) is -0.496. The first kappa shape index (κ1) is 17.2. The molecule has 0 unspecified atom stereocenters. The van der Waals surface area contributed by atoms with E-state index in [9.17, 15) is 9.59 Å². The molecule has 0 bridgehead atoms. The van der Waals surface area contributed by atoms with Crippen LogP contribution in [0, 0.1) is 0 Å². The van der Waals surface area contributed by atoms with Gasteiger partial charge in [-0.15, -0.1) is 0 Å². The van der Waals surface area contributed by atoms with Gasteiger partial charge in [0.05, 0.1) is 12.0 Å². The van der Waals surface area contributed by atoms with Gasteiger partial charge in [0.15, 0.2) is 0 Å². The van der Waals surface area contributed by atoms with Crippen molar-refractivity contribution in [1.82, 2.24) is 14.6 Å². The fourth-order valence-electron chi connectivity index (χ4n) is 2.63. The molecule has 4 aromatic rings. The number of hydrogen-bond donors (Lipinski definition) is 0. The number of nitrogens with zero attached hydrogens (tertiary/aromatic N) is 3. The van der Waals surface area contributed by atoms with E-state index in [4.69, 9.17) is 9.15 Å². The summed E-state index contributed by atoms with van der Waals surface area (Å²) in [4.78, 5) is 29.4. The van der Waals surface area contributed by atoms with Crippen molar-refractivity contribution < 1.29 is 13.9 Å². The second-order valence-corrected chi connectivity index (χ2v) is 6.78. The molecule has 0 aliphatic carbocycles. The Morgan fingerprint density at radius 2 is 2.07 bits per heavy atom. The SMILES string of the molecule is CCc1nn2c(=O)cc(COC(=O)c3occc3-c3ccccc3)nc2s1. The van der Waals surface area contributed by atoms with E-state index in [2.05, 4.69) is 10.1 Å². The number of ether oxygens (including phenoxy) is 1. The molecule has 27 heavy (non-hydrogen) atoms. The number of aromatic nitrogens is 3. The van der Waals surface area contributed by atoms with E-state index in [0.29, 0.717) is 16.2 Å². The summed E-state index contributed by atoms with van der Waals surface area (Å²) < 4.78 is 11.9. The van der Waals surface area contributed by atoms with Crippen LogP contribution in [0.5, 0.6) is 0 Å². The van der Waals surface area contributed by atoms with Gasteiger partial charge in [-0.05, 0) is 18.1 Å². The van der Waals surface area contributed by atoms with Crippen LogP contribution in [0.2, 0.25) is 0 Å². The molecule has 0 aliphatic heterocycles. The monoisotopic (exact) mass is 381 g/mol. The van der Waals surface area contributed by atoms with E-state index < -0.39 is 5.97 Å². The summed E-state index contributed by atoms with van der Waals surface area (Å²) in [5.41, 5.74) is 1.57. The van der Waals surface area contributed by atoms with Crippen LogP contribution in [0.4, 0.5) is 0 Å². The van der Waals surface area contributed by atoms with Gasteiger partial charge in [-0.1, -0.05) is 48.6 Å². The summed E-state index contributed by atoms with van der Waals surface area (Å²) >= 11 is 1.34. The van der Waals surface area contributed by atoms with Crippen LogP contribution in [-0.2, 0) is 17.8 Å². The van der Waals surface area contributed by atoms with Crippen LogP contribution in [0.1, 0.15) is 28.2 Å². The summed E-state index contributed by atoms with van der Waals surface area (Å²) in [7, 11) is 0. The Morgan fingerprint density at radius 3 is 2.85 bits per heavy atom. The minimum atomic E-state index is -0.612. The van der Waals surface area contributed by atoms with Crippen molar-refractivity contribution in [3.8, 4) is 11.1 Å². The quantitative estimate of drug-likeness (QED) is 0.493. The molecule has 136 valence electrons. The fourth-order valence-corrected chi connectivity index (χ4v) is 3.49. The number of rotatable bonds is 5. The van der Waals surface area contributed by atoms with E-state index in [0.717, 1.165) is 17.0 Å². The van der Waals surface area contributed by atoms with E-state index in [1.165, 1.54) is 28.2 Å². The Labute approximate surface area is 157 Å². The van der Waals surface area contributed by atoms with Gasteiger partial charge in [0, 0.05) is 11.6 Å². The zero-order chi connectivity index (χ0) is 18.8. The minimum Gasteiger partial charge on any atom is -0.457 e. The number of furan rings is 1. The summed E-state index contributed by atoms with van der Waals surface area (Å²) in [6.45, 7) is 1.83. The number of carbonyl (C=O) groups is 1. The van der Waals surface area contributed by atoms with Gasteiger partial charge in [-0.3, -0.25) is 4.79 Å². The summed E-state index contributed by atoms with van der Waals surface area (Å²) in [6, 6.07) is 12.4. The first-order valence-corrected chi connectivity index (χ1v) is 9.16. The molecule has 0 saturated carbocycles. The average molecular weight is 381 g/mol. The molecule has 4 rings (SSSR count). The van der Waals surface area contributed by atoms with Crippen molar-refractivity contribution in [2.45, 2.75) is 20.0 Å². The molecule has 8 heteroatoms. The lowest BCUT2D eigenvalue weighted by Gasteiger charge is -2.05. The number of carbonyl (C=O) groups excluding carboxylic acids is 1. The summed E-state index contributed by atoms with van der Waals surface area (Å²) in [6.07, 6.45) is 2.16. The third-order valence-electron chi connectivity index (χ3n) is 3.93. The fraction of sp³-hybridized carbons (Fsp3) is 0.158. The molecular weight excluding hydrogens is 366 g/mol. The lowest BCUT2D eigenvalue weighted by molar-refractivity contribution is 0.0432. The maximum atomic E-state index is 12.4. The number of aryl methyl sites for hydroxylation is 1. The van der Waals surface area contributed by atoms with Gasteiger partial charge in [0.1, 0.15) is 11.6 Å². The van der Waals surface area contributed by atoms with E-state index >= 15 is 0 Å². The van der Waals surface area contributed by atoms with Gasteiger partial charge in [-0.2, -0.15) is 9.61 Å². The molecule has 0 radical (unpaired) electrons. The van der Waals surface area contributed by atoms with Crippen molar-refractivity contribution >= 4 is 22.3 Å². The zero-order valence-electron chi connectivity index (χ0n) is 14.4. The second-order valence-electron chi connectivity index (χ2n) is 5.74. The van der Waals surface area contributed by atoms with Crippen molar-refractivity contribution in [3.05, 3.63) is 75.5 Å². The van der Waals surface area contributed by atoms with Crippen LogP contribution in [-0.4, -0.2) is 20.6 Å². The molecular formula is C19H15N3O4S. The van der Waals surface area contributed by atoms with Gasteiger partial charge < -0.3 is 9.15 Å². The Kier molecular flexibility index (Phi) is 4.55. The number of esters is 1. The van der Waals surface area contributed by atoms with E-state index in [1.54, 1.807) is 6.07 Å². The van der Waals surface area contributed by atoms with E-state index in [-0.39, 0.29) is 17.9 Å². The molecule has 1 aromatic carbocycles. The third-order valence-corrected chi connectivity index (χ3v) is 4.98. The van der Waals surface area contributed by atoms with Crippen LogP contribution >= 0.6 is 11.3 Å². The Morgan fingerprint density at radius 1 is 1.26 bits per heavy atom. The van der Waals surface area contributed by atoms with Crippen LogP contribution in [0.3, 0.4) is 0 Å². The van der Waals surface area contributed by atoms with Crippen LogP contribution in [0.15, 0.2) is 57.9 Å². The number of benzene rings is 1. The highest BCUT2D eigenvalue weighted by atomic mass is 32.1. The normalized spacial score (nSPS) is 11.0. The van der Waals surface area contributed by atoms with Gasteiger partial charge >= 0.3 is 5.97 Å². The van der Waals surface area contributed by atoms with Crippen molar-refractivity contribution in [2.75, 3.05) is 0 Å².